The van der Waals surface area contributed by atoms with E-state index in [0.717, 1.165) is 0 Å². The average Bonchev–Trinajstić information content (AvgIpc) is 1.98. The number of halogens is 1. The Balaban J connectivity index is 2.84. The first-order valence-corrected chi connectivity index (χ1v) is 5.30. The molecule has 6 heteroatoms. The highest BCUT2D eigenvalue weighted by Gasteiger charge is 2.06. The Hall–Kier alpha value is -1.10. The molecule has 0 spiro atoms. The average molecular weight is 233 g/mol. The Labute approximate surface area is 94.7 Å². The van der Waals surface area contributed by atoms with Gasteiger partial charge in [0.25, 0.3) is 0 Å². The summed E-state index contributed by atoms with van der Waals surface area (Å²) >= 11 is 5.77. The summed E-state index contributed by atoms with van der Waals surface area (Å²) in [7, 11) is 0. The first kappa shape index (κ1) is 12.0. The number of anilines is 2. The SMILES string of the molecule is CC(C)N[13c]1n[13c](Cl)n[13c](NC(C)C)n1. The largest absolute Gasteiger partial charge is 0.352 e. The Morgan fingerprint density at radius 3 is 1.60 bits per heavy atom. The number of aromatic nitrogens is 3. The molecule has 1 aromatic rings. The summed E-state index contributed by atoms with van der Waals surface area (Å²) in [6, 6.07) is 0.519. The summed E-state index contributed by atoms with van der Waals surface area (Å²) in [5, 5.41) is 6.34. The maximum absolute atomic E-state index is 5.77. The first-order chi connectivity index (χ1) is 6.97. The Kier molecular flexibility index (Phi) is 4.08. The van der Waals surface area contributed by atoms with E-state index in [9.17, 15) is 0 Å². The second-order valence-electron chi connectivity index (χ2n) is 3.85. The summed E-state index contributed by atoms with van der Waals surface area (Å²) in [6.07, 6.45) is 0. The van der Waals surface area contributed by atoms with Gasteiger partial charge in [0.15, 0.2) is 0 Å². The van der Waals surface area contributed by atoms with E-state index in [4.69, 9.17) is 11.6 Å². The molecule has 0 unspecified atom stereocenters. The summed E-state index contributed by atoms with van der Waals surface area (Å²) in [5.74, 6) is 0.987. The second-order valence-corrected chi connectivity index (χ2v) is 4.19. The smallest absolute Gasteiger partial charge is 0.228 e. The van der Waals surface area contributed by atoms with Crippen LogP contribution in [0.3, 0.4) is 0 Å². The topological polar surface area (TPSA) is 62.7 Å². The molecule has 0 saturated carbocycles. The summed E-state index contributed by atoms with van der Waals surface area (Å²) in [4.78, 5) is 12.1. The van der Waals surface area contributed by atoms with Gasteiger partial charge in [0.05, 0.1) is 0 Å². The van der Waals surface area contributed by atoms with Crippen molar-refractivity contribution in [2.24, 2.45) is 0 Å². The third-order valence-corrected chi connectivity index (χ3v) is 1.61. The zero-order chi connectivity index (χ0) is 11.4. The van der Waals surface area contributed by atoms with E-state index in [1.54, 1.807) is 0 Å². The highest BCUT2D eigenvalue weighted by molar-refractivity contribution is 6.28. The Bertz CT molecular complexity index is 298. The zero-order valence-corrected chi connectivity index (χ0v) is 10.1. The molecular formula is C9H16ClN5. The molecule has 1 aromatic heterocycles. The van der Waals surface area contributed by atoms with E-state index in [1.807, 2.05) is 27.7 Å². The molecule has 0 saturated heterocycles. The molecule has 2 N–H and O–H groups in total. The standard InChI is InChI=1S/C9H16ClN5/c1-5(2)11-8-13-7(10)14-9(15-8)12-6(3)4/h5-6H,1-4H3,(H2,11,12,13,14,15)/i7+1,8+1,9+1. The Morgan fingerprint density at radius 1 is 0.867 bits per heavy atom. The fourth-order valence-corrected chi connectivity index (χ4v) is 1.16. The van der Waals surface area contributed by atoms with Crippen LogP contribution >= 0.6 is 11.6 Å². The highest BCUT2D eigenvalue weighted by atomic mass is 35.5. The summed E-state index contributed by atoms with van der Waals surface area (Å²) < 4.78 is 0. The lowest BCUT2D eigenvalue weighted by atomic mass is 10.4. The lowest BCUT2D eigenvalue weighted by Gasteiger charge is -2.11. The van der Waals surface area contributed by atoms with Crippen molar-refractivity contribution in [1.29, 1.82) is 0 Å². The van der Waals surface area contributed by atoms with Crippen LogP contribution in [0, 0.1) is 0 Å². The predicted molar refractivity (Wildman–Crippen MR) is 62.4 cm³/mol. The summed E-state index contributed by atoms with van der Waals surface area (Å²) in [5.41, 5.74) is 0. The molecular weight excluding hydrogens is 217 g/mol. The van der Waals surface area contributed by atoms with Gasteiger partial charge < -0.3 is 10.6 Å². The van der Waals surface area contributed by atoms with Gasteiger partial charge in [0.2, 0.25) is 17.2 Å². The lowest BCUT2D eigenvalue weighted by molar-refractivity contribution is 0.845. The molecule has 84 valence electrons. The van der Waals surface area contributed by atoms with Crippen LogP contribution < -0.4 is 10.6 Å². The maximum atomic E-state index is 5.77. The normalized spacial score (nSPS) is 10.9. The van der Waals surface area contributed by atoms with Gasteiger partial charge in [-0.25, -0.2) is 0 Å². The van der Waals surface area contributed by atoms with Crippen LogP contribution in [-0.4, -0.2) is 27.0 Å². The minimum absolute atomic E-state index is 0.191. The fraction of sp³-hybridized carbons (Fsp3) is 0.667. The molecule has 5 nitrogen and oxygen atoms in total. The van der Waals surface area contributed by atoms with E-state index < -0.39 is 0 Å². The number of rotatable bonds is 4. The van der Waals surface area contributed by atoms with E-state index in [0.29, 0.717) is 11.9 Å². The molecule has 0 aromatic carbocycles. The second kappa shape index (κ2) is 5.11. The van der Waals surface area contributed by atoms with Crippen LogP contribution in [0.25, 0.3) is 0 Å². The van der Waals surface area contributed by atoms with E-state index in [2.05, 4.69) is 25.6 Å². The highest BCUT2D eigenvalue weighted by Crippen LogP contribution is 2.10. The van der Waals surface area contributed by atoms with Crippen molar-refractivity contribution < 1.29 is 0 Å². The fourth-order valence-electron chi connectivity index (χ4n) is 0.996. The molecule has 0 fully saturated rings. The minimum Gasteiger partial charge on any atom is -0.352 e. The lowest BCUT2D eigenvalue weighted by Crippen LogP contribution is -2.17. The molecule has 0 bridgehead atoms. The van der Waals surface area contributed by atoms with Gasteiger partial charge in [-0.3, -0.25) is 0 Å². The van der Waals surface area contributed by atoms with Gasteiger partial charge in [-0.1, -0.05) is 0 Å². The third kappa shape index (κ3) is 4.29. The monoisotopic (exact) mass is 232 g/mol. The molecule has 0 atom stereocenters. The predicted octanol–water partition coefficient (Wildman–Crippen LogP) is 2.17. The van der Waals surface area contributed by atoms with E-state index >= 15 is 0 Å². The molecule has 0 aliphatic heterocycles. The molecule has 0 amide bonds. The van der Waals surface area contributed by atoms with Crippen LogP contribution in [0.2, 0.25) is 5.28 Å². The molecule has 0 radical (unpaired) electrons. The Morgan fingerprint density at radius 2 is 1.27 bits per heavy atom. The van der Waals surface area contributed by atoms with E-state index in [1.165, 1.54) is 0 Å². The third-order valence-electron chi connectivity index (χ3n) is 1.44. The van der Waals surface area contributed by atoms with Crippen molar-refractivity contribution in [3.05, 3.63) is 5.28 Å². The van der Waals surface area contributed by atoms with Gasteiger partial charge in [-0.05, 0) is 39.3 Å². The van der Waals surface area contributed by atoms with Crippen molar-refractivity contribution in [3.8, 4) is 0 Å². The van der Waals surface area contributed by atoms with Crippen LogP contribution in [0.5, 0.6) is 0 Å². The molecule has 0 aliphatic rings. The van der Waals surface area contributed by atoms with Crippen molar-refractivity contribution >= 4 is 23.5 Å². The van der Waals surface area contributed by atoms with Crippen molar-refractivity contribution in [2.45, 2.75) is 39.8 Å². The van der Waals surface area contributed by atoms with Gasteiger partial charge in [-0.15, -0.1) is 0 Å². The van der Waals surface area contributed by atoms with Crippen molar-refractivity contribution in [2.75, 3.05) is 10.6 Å². The minimum atomic E-state index is 0.191. The zero-order valence-electron chi connectivity index (χ0n) is 9.37. The van der Waals surface area contributed by atoms with Gasteiger partial charge in [0, 0.05) is 12.1 Å². The van der Waals surface area contributed by atoms with Crippen LogP contribution in [0.4, 0.5) is 11.9 Å². The number of nitrogens with one attached hydrogen (secondary N) is 2. The van der Waals surface area contributed by atoms with Crippen LogP contribution in [-0.2, 0) is 0 Å². The molecule has 15 heavy (non-hydrogen) atoms. The van der Waals surface area contributed by atoms with Gasteiger partial charge in [0.1, 0.15) is 0 Å². The van der Waals surface area contributed by atoms with Gasteiger partial charge in [-0.2, -0.15) is 15.0 Å². The number of hydrogen-bond donors (Lipinski definition) is 2. The first-order valence-electron chi connectivity index (χ1n) is 4.92. The van der Waals surface area contributed by atoms with Crippen molar-refractivity contribution in [3.63, 3.8) is 0 Å². The van der Waals surface area contributed by atoms with Gasteiger partial charge >= 0.3 is 0 Å². The number of nitrogens with zero attached hydrogens (tertiary/aromatic N) is 3. The quantitative estimate of drug-likeness (QED) is 0.833. The van der Waals surface area contributed by atoms with Crippen LogP contribution in [0.15, 0.2) is 0 Å². The molecule has 1 rings (SSSR count). The molecule has 1 heterocycles. The van der Waals surface area contributed by atoms with Crippen molar-refractivity contribution in [1.82, 2.24) is 15.0 Å². The van der Waals surface area contributed by atoms with Crippen LogP contribution in [0.1, 0.15) is 27.7 Å². The van der Waals surface area contributed by atoms with E-state index in [-0.39, 0.29) is 17.4 Å². The summed E-state index contributed by atoms with van der Waals surface area (Å²) in [6.45, 7) is 8.03. The number of hydrogen-bond acceptors (Lipinski definition) is 5. The molecule has 0 aliphatic carbocycles. The maximum Gasteiger partial charge on any atom is 0.228 e.